The number of hydrogen-bond acceptors (Lipinski definition) is 4. The van der Waals surface area contributed by atoms with E-state index >= 15 is 0 Å². The number of nitrogens with zero attached hydrogens (tertiary/aromatic N) is 1. The Morgan fingerprint density at radius 1 is 1.44 bits per heavy atom. The summed E-state index contributed by atoms with van der Waals surface area (Å²) in [6.45, 7) is 0. The third-order valence-corrected chi connectivity index (χ3v) is 4.40. The molecule has 0 spiro atoms. The zero-order chi connectivity index (χ0) is 11.4. The minimum Gasteiger partial charge on any atom is -0.369 e. The molecule has 1 aliphatic carbocycles. The molecule has 1 heterocycles. The van der Waals surface area contributed by atoms with E-state index in [0.717, 1.165) is 12.3 Å². The van der Waals surface area contributed by atoms with E-state index < -0.39 is 5.72 Å². The number of nitrogens with two attached hydrogens (primary N) is 1. The number of aromatic nitrogens is 1. The van der Waals surface area contributed by atoms with Gasteiger partial charge in [-0.1, -0.05) is 32.1 Å². The van der Waals surface area contributed by atoms with E-state index in [1.807, 2.05) is 5.38 Å². The molecule has 0 amide bonds. The van der Waals surface area contributed by atoms with Crippen LogP contribution in [0.15, 0.2) is 11.6 Å². The van der Waals surface area contributed by atoms with Crippen LogP contribution in [0.1, 0.15) is 50.0 Å². The molecule has 2 rings (SSSR count). The van der Waals surface area contributed by atoms with E-state index in [1.54, 1.807) is 6.20 Å². The molecule has 1 aromatic heterocycles. The lowest BCUT2D eigenvalue weighted by Crippen LogP contribution is -2.36. The summed E-state index contributed by atoms with van der Waals surface area (Å²) in [5.74, 6) is 0.754. The van der Waals surface area contributed by atoms with Crippen LogP contribution in [0.4, 0.5) is 0 Å². The molecular formula is C12H20N2OS. The van der Waals surface area contributed by atoms with E-state index in [-0.39, 0.29) is 0 Å². The van der Waals surface area contributed by atoms with Crippen LogP contribution in [0, 0.1) is 5.92 Å². The predicted octanol–water partition coefficient (Wildman–Crippen LogP) is 2.61. The normalized spacial score (nSPS) is 21.9. The lowest BCUT2D eigenvalue weighted by molar-refractivity contribution is 0.0255. The van der Waals surface area contributed by atoms with Crippen molar-refractivity contribution in [1.82, 2.24) is 4.98 Å². The molecule has 0 bridgehead atoms. The molecule has 1 unspecified atom stereocenters. The summed E-state index contributed by atoms with van der Waals surface area (Å²) in [4.78, 5) is 4.10. The zero-order valence-corrected chi connectivity index (χ0v) is 10.4. The van der Waals surface area contributed by atoms with E-state index in [9.17, 15) is 5.11 Å². The third-order valence-electron chi connectivity index (χ3n) is 3.46. The first-order chi connectivity index (χ1) is 7.68. The van der Waals surface area contributed by atoms with Gasteiger partial charge in [0, 0.05) is 11.6 Å². The van der Waals surface area contributed by atoms with Gasteiger partial charge in [-0.25, -0.2) is 4.98 Å². The van der Waals surface area contributed by atoms with Gasteiger partial charge >= 0.3 is 0 Å². The van der Waals surface area contributed by atoms with Gasteiger partial charge in [0.25, 0.3) is 0 Å². The van der Waals surface area contributed by atoms with Gasteiger partial charge in [0.1, 0.15) is 5.01 Å². The Bertz CT molecular complexity index is 305. The van der Waals surface area contributed by atoms with Gasteiger partial charge in [-0.2, -0.15) is 0 Å². The molecule has 90 valence electrons. The minimum atomic E-state index is -1.22. The van der Waals surface area contributed by atoms with Crippen molar-refractivity contribution in [3.05, 3.63) is 16.6 Å². The van der Waals surface area contributed by atoms with Gasteiger partial charge in [0.2, 0.25) is 0 Å². The Morgan fingerprint density at radius 2 is 2.19 bits per heavy atom. The molecule has 3 N–H and O–H groups in total. The second-order valence-corrected chi connectivity index (χ2v) is 5.70. The van der Waals surface area contributed by atoms with Gasteiger partial charge < -0.3 is 5.11 Å². The standard InChI is InChI=1S/C12H20N2OS/c13-12(15,11-14-8-9-16-11)7-6-10-4-2-1-3-5-10/h8-10,15H,1-7,13H2. The van der Waals surface area contributed by atoms with Crippen molar-refractivity contribution >= 4 is 11.3 Å². The molecule has 0 aliphatic heterocycles. The van der Waals surface area contributed by atoms with Crippen LogP contribution in [-0.2, 0) is 5.72 Å². The SMILES string of the molecule is NC(O)(CCC1CCCCC1)c1nccs1. The molecule has 1 aliphatic rings. The van der Waals surface area contributed by atoms with Crippen molar-refractivity contribution in [3.63, 3.8) is 0 Å². The van der Waals surface area contributed by atoms with Gasteiger partial charge in [-0.3, -0.25) is 5.73 Å². The van der Waals surface area contributed by atoms with Gasteiger partial charge in [-0.05, 0) is 18.8 Å². The molecule has 16 heavy (non-hydrogen) atoms. The highest BCUT2D eigenvalue weighted by atomic mass is 32.1. The quantitative estimate of drug-likeness (QED) is 0.795. The first-order valence-electron chi connectivity index (χ1n) is 6.10. The van der Waals surface area contributed by atoms with Crippen molar-refractivity contribution in [2.75, 3.05) is 0 Å². The fourth-order valence-corrected chi connectivity index (χ4v) is 3.12. The lowest BCUT2D eigenvalue weighted by atomic mass is 9.85. The summed E-state index contributed by atoms with van der Waals surface area (Å²) in [5, 5.41) is 12.6. The molecule has 1 fully saturated rings. The van der Waals surface area contributed by atoms with Crippen LogP contribution in [0.3, 0.4) is 0 Å². The van der Waals surface area contributed by atoms with Crippen molar-refractivity contribution in [1.29, 1.82) is 0 Å². The summed E-state index contributed by atoms with van der Waals surface area (Å²) in [6, 6.07) is 0. The van der Waals surface area contributed by atoms with Crippen LogP contribution in [0.25, 0.3) is 0 Å². The maximum Gasteiger partial charge on any atom is 0.166 e. The average molecular weight is 240 g/mol. The van der Waals surface area contributed by atoms with Crippen LogP contribution >= 0.6 is 11.3 Å². The van der Waals surface area contributed by atoms with E-state index in [2.05, 4.69) is 4.98 Å². The maximum atomic E-state index is 10.1. The maximum absolute atomic E-state index is 10.1. The summed E-state index contributed by atoms with van der Waals surface area (Å²) in [6.07, 6.45) is 9.99. The van der Waals surface area contributed by atoms with Crippen molar-refractivity contribution in [2.24, 2.45) is 11.7 Å². The fraction of sp³-hybridized carbons (Fsp3) is 0.750. The number of hydrogen-bond donors (Lipinski definition) is 2. The van der Waals surface area contributed by atoms with Gasteiger partial charge in [-0.15, -0.1) is 11.3 Å². The summed E-state index contributed by atoms with van der Waals surface area (Å²) < 4.78 is 0. The van der Waals surface area contributed by atoms with Crippen LogP contribution in [0.5, 0.6) is 0 Å². The van der Waals surface area contributed by atoms with E-state index in [4.69, 9.17) is 5.73 Å². The summed E-state index contributed by atoms with van der Waals surface area (Å²) in [7, 11) is 0. The van der Waals surface area contributed by atoms with Crippen molar-refractivity contribution in [3.8, 4) is 0 Å². The highest BCUT2D eigenvalue weighted by Crippen LogP contribution is 2.31. The molecule has 1 atom stereocenters. The average Bonchev–Trinajstić information content (AvgIpc) is 2.82. The number of rotatable bonds is 4. The predicted molar refractivity (Wildman–Crippen MR) is 66.0 cm³/mol. The van der Waals surface area contributed by atoms with Crippen molar-refractivity contribution in [2.45, 2.75) is 50.7 Å². The molecule has 0 aromatic carbocycles. The lowest BCUT2D eigenvalue weighted by Gasteiger charge is -2.26. The van der Waals surface area contributed by atoms with Gasteiger partial charge in [0.15, 0.2) is 5.72 Å². The summed E-state index contributed by atoms with van der Waals surface area (Å²) >= 11 is 1.43. The Kier molecular flexibility index (Phi) is 3.95. The largest absolute Gasteiger partial charge is 0.369 e. The number of thiazole rings is 1. The van der Waals surface area contributed by atoms with Crippen molar-refractivity contribution < 1.29 is 5.11 Å². The first-order valence-corrected chi connectivity index (χ1v) is 6.98. The summed E-state index contributed by atoms with van der Waals surface area (Å²) in [5.41, 5.74) is 4.69. The monoisotopic (exact) mass is 240 g/mol. The second kappa shape index (κ2) is 5.25. The molecular weight excluding hydrogens is 220 g/mol. The Morgan fingerprint density at radius 3 is 2.81 bits per heavy atom. The van der Waals surface area contributed by atoms with E-state index in [1.165, 1.54) is 43.4 Å². The third kappa shape index (κ3) is 3.03. The molecule has 4 heteroatoms. The Balaban J connectivity index is 1.84. The smallest absolute Gasteiger partial charge is 0.166 e. The fourth-order valence-electron chi connectivity index (χ4n) is 2.44. The highest BCUT2D eigenvalue weighted by molar-refractivity contribution is 7.09. The van der Waals surface area contributed by atoms with E-state index in [0.29, 0.717) is 11.4 Å². The van der Waals surface area contributed by atoms with Crippen LogP contribution < -0.4 is 5.73 Å². The molecule has 1 saturated carbocycles. The molecule has 3 nitrogen and oxygen atoms in total. The molecule has 1 aromatic rings. The minimum absolute atomic E-state index is 0.630. The van der Waals surface area contributed by atoms with Crippen LogP contribution in [-0.4, -0.2) is 10.1 Å². The molecule has 0 radical (unpaired) electrons. The molecule has 0 saturated heterocycles. The second-order valence-electron chi connectivity index (χ2n) is 4.80. The first kappa shape index (κ1) is 12.0. The Labute approximate surface area is 101 Å². The topological polar surface area (TPSA) is 59.1 Å². The zero-order valence-electron chi connectivity index (χ0n) is 9.56. The number of aliphatic hydroxyl groups is 1. The van der Waals surface area contributed by atoms with Gasteiger partial charge in [0.05, 0.1) is 0 Å². The Hall–Kier alpha value is -0.450. The highest BCUT2D eigenvalue weighted by Gasteiger charge is 2.28. The van der Waals surface area contributed by atoms with Crippen LogP contribution in [0.2, 0.25) is 0 Å².